The van der Waals surface area contributed by atoms with Crippen LogP contribution in [0.5, 0.6) is 0 Å². The number of nitro groups is 1. The van der Waals surface area contributed by atoms with Crippen molar-refractivity contribution in [1.82, 2.24) is 5.43 Å². The van der Waals surface area contributed by atoms with Gasteiger partial charge in [0.25, 0.3) is 5.91 Å². The zero-order valence-electron chi connectivity index (χ0n) is 11.2. The molecule has 0 aliphatic carbocycles. The van der Waals surface area contributed by atoms with Crippen LogP contribution in [0, 0.1) is 10.1 Å². The van der Waals surface area contributed by atoms with Crippen LogP contribution in [-0.4, -0.2) is 17.0 Å². The van der Waals surface area contributed by atoms with Crippen LogP contribution in [0.2, 0.25) is 0 Å². The van der Waals surface area contributed by atoms with Crippen molar-refractivity contribution >= 4 is 28.5 Å². The lowest BCUT2D eigenvalue weighted by molar-refractivity contribution is -0.380. The molecule has 1 heterocycles. The topological polar surface area (TPSA) is 84.6 Å². The maximum atomic E-state index is 12.4. The van der Waals surface area contributed by atoms with Crippen LogP contribution in [0.1, 0.15) is 21.5 Å². The summed E-state index contributed by atoms with van der Waals surface area (Å²) in [6.07, 6.45) is -3.27. The van der Waals surface area contributed by atoms with Gasteiger partial charge >= 0.3 is 11.2 Å². The molecular formula is C13H8F3N3O3S. The Labute approximate surface area is 131 Å². The van der Waals surface area contributed by atoms with E-state index in [1.807, 2.05) is 0 Å². The number of hydrazone groups is 1. The quantitative estimate of drug-likeness (QED) is 0.524. The number of carbonyl (C=O) groups is 1. The van der Waals surface area contributed by atoms with Gasteiger partial charge in [0, 0.05) is 22.6 Å². The molecule has 120 valence electrons. The first-order valence-electron chi connectivity index (χ1n) is 6.01. The van der Waals surface area contributed by atoms with E-state index in [0.717, 1.165) is 35.6 Å². The molecule has 1 N–H and O–H groups in total. The molecule has 2 rings (SSSR count). The second-order valence-corrected chi connectivity index (χ2v) is 5.14. The van der Waals surface area contributed by atoms with Gasteiger partial charge in [-0.2, -0.15) is 18.3 Å². The van der Waals surface area contributed by atoms with Gasteiger partial charge in [0.2, 0.25) is 0 Å². The number of carbonyl (C=O) groups excluding carboxylic acids is 1. The fraction of sp³-hybridized carbons (Fsp3) is 0.0769. The second-order valence-electron chi connectivity index (χ2n) is 4.25. The highest BCUT2D eigenvalue weighted by molar-refractivity contribution is 7.13. The van der Waals surface area contributed by atoms with Crippen molar-refractivity contribution in [3.8, 4) is 0 Å². The number of hydrogen-bond donors (Lipinski definition) is 1. The minimum absolute atomic E-state index is 0.00597. The Hall–Kier alpha value is -2.75. The number of alkyl halides is 3. The molecule has 0 atom stereocenters. The molecular weight excluding hydrogens is 335 g/mol. The van der Waals surface area contributed by atoms with Gasteiger partial charge in [0.1, 0.15) is 0 Å². The van der Waals surface area contributed by atoms with Crippen LogP contribution in [0.25, 0.3) is 0 Å². The van der Waals surface area contributed by atoms with Crippen molar-refractivity contribution in [3.63, 3.8) is 0 Å². The molecule has 10 heteroatoms. The summed E-state index contributed by atoms with van der Waals surface area (Å²) in [5.41, 5.74) is 1.70. The van der Waals surface area contributed by atoms with Gasteiger partial charge in [-0.1, -0.05) is 11.3 Å². The zero-order chi connectivity index (χ0) is 17.0. The van der Waals surface area contributed by atoms with Crippen LogP contribution < -0.4 is 5.43 Å². The van der Waals surface area contributed by atoms with Crippen molar-refractivity contribution < 1.29 is 22.9 Å². The summed E-state index contributed by atoms with van der Waals surface area (Å²) in [6.45, 7) is 0. The van der Waals surface area contributed by atoms with Crippen LogP contribution in [-0.2, 0) is 6.18 Å². The smallest absolute Gasteiger partial charge is 0.267 e. The molecule has 0 radical (unpaired) electrons. The summed E-state index contributed by atoms with van der Waals surface area (Å²) in [5, 5.41) is 15.5. The van der Waals surface area contributed by atoms with E-state index >= 15 is 0 Å². The van der Waals surface area contributed by atoms with Gasteiger partial charge < -0.3 is 0 Å². The Morgan fingerprint density at radius 3 is 2.48 bits per heavy atom. The summed E-state index contributed by atoms with van der Waals surface area (Å²) in [4.78, 5) is 21.6. The Morgan fingerprint density at radius 2 is 1.96 bits per heavy atom. The highest BCUT2D eigenvalue weighted by atomic mass is 32.1. The zero-order valence-corrected chi connectivity index (χ0v) is 12.0. The third kappa shape index (κ3) is 4.36. The molecule has 6 nitrogen and oxygen atoms in total. The van der Waals surface area contributed by atoms with Crippen LogP contribution >= 0.6 is 11.3 Å². The van der Waals surface area contributed by atoms with Crippen LogP contribution in [0.3, 0.4) is 0 Å². The summed E-state index contributed by atoms with van der Waals surface area (Å²) >= 11 is 0.907. The normalized spacial score (nSPS) is 11.6. The van der Waals surface area contributed by atoms with Gasteiger partial charge in [0.15, 0.2) is 0 Å². The first kappa shape index (κ1) is 16.6. The highest BCUT2D eigenvalue weighted by Gasteiger charge is 2.30. The fourth-order valence-electron chi connectivity index (χ4n) is 1.54. The second kappa shape index (κ2) is 6.57. The Balaban J connectivity index is 1.98. The van der Waals surface area contributed by atoms with E-state index in [1.165, 1.54) is 17.7 Å². The van der Waals surface area contributed by atoms with Gasteiger partial charge in [0.05, 0.1) is 16.7 Å². The lowest BCUT2D eigenvalue weighted by Gasteiger charge is -2.06. The minimum atomic E-state index is -4.47. The van der Waals surface area contributed by atoms with E-state index in [9.17, 15) is 28.1 Å². The molecule has 0 aliphatic heterocycles. The SMILES string of the molecule is O=C(NN=Cc1csc([N+](=O)[O-])c1)c1ccc(C(F)(F)F)cc1. The lowest BCUT2D eigenvalue weighted by atomic mass is 10.1. The average Bonchev–Trinajstić information content (AvgIpc) is 2.95. The first-order chi connectivity index (χ1) is 10.8. The van der Waals surface area contributed by atoms with E-state index in [0.29, 0.717) is 5.56 Å². The van der Waals surface area contributed by atoms with Crippen molar-refractivity contribution in [2.24, 2.45) is 5.10 Å². The molecule has 1 aromatic carbocycles. The molecule has 0 saturated heterocycles. The van der Waals surface area contributed by atoms with Gasteiger partial charge in [-0.3, -0.25) is 14.9 Å². The van der Waals surface area contributed by atoms with Crippen molar-refractivity contribution in [2.45, 2.75) is 6.18 Å². The number of amides is 1. The largest absolute Gasteiger partial charge is 0.416 e. The molecule has 0 fully saturated rings. The predicted octanol–water partition coefficient (Wildman–Crippen LogP) is 3.44. The Kier molecular flexibility index (Phi) is 4.74. The number of rotatable bonds is 4. The first-order valence-corrected chi connectivity index (χ1v) is 6.89. The number of hydrogen-bond acceptors (Lipinski definition) is 5. The molecule has 0 bridgehead atoms. The predicted molar refractivity (Wildman–Crippen MR) is 77.5 cm³/mol. The van der Waals surface area contributed by atoms with E-state index in [2.05, 4.69) is 10.5 Å². The van der Waals surface area contributed by atoms with E-state index in [1.54, 1.807) is 0 Å². The summed E-state index contributed by atoms with van der Waals surface area (Å²) < 4.78 is 37.2. The number of benzene rings is 1. The van der Waals surface area contributed by atoms with Crippen molar-refractivity contribution in [3.05, 3.63) is 62.5 Å². The van der Waals surface area contributed by atoms with Crippen LogP contribution in [0.15, 0.2) is 40.8 Å². The van der Waals surface area contributed by atoms with Crippen molar-refractivity contribution in [2.75, 3.05) is 0 Å². The molecule has 23 heavy (non-hydrogen) atoms. The summed E-state index contributed by atoms with van der Waals surface area (Å²) in [7, 11) is 0. The Bertz CT molecular complexity index is 754. The third-order valence-corrected chi connectivity index (χ3v) is 3.54. The summed E-state index contributed by atoms with van der Waals surface area (Å²) in [5.74, 6) is -0.695. The van der Waals surface area contributed by atoms with E-state index < -0.39 is 22.6 Å². The molecule has 0 aliphatic rings. The molecule has 1 aromatic heterocycles. The maximum Gasteiger partial charge on any atom is 0.416 e. The van der Waals surface area contributed by atoms with E-state index in [4.69, 9.17) is 0 Å². The van der Waals surface area contributed by atoms with Gasteiger partial charge in [-0.15, -0.1) is 0 Å². The fourth-order valence-corrected chi connectivity index (χ4v) is 2.22. The lowest BCUT2D eigenvalue weighted by Crippen LogP contribution is -2.17. The Morgan fingerprint density at radius 1 is 1.30 bits per heavy atom. The standard InChI is InChI=1S/C13H8F3N3O3S/c14-13(15,16)10-3-1-9(2-4-10)12(20)18-17-6-8-5-11(19(21)22)23-7-8/h1-7H,(H,18,20). The number of thiophene rings is 1. The maximum absolute atomic E-state index is 12.4. The highest BCUT2D eigenvalue weighted by Crippen LogP contribution is 2.29. The molecule has 2 aromatic rings. The minimum Gasteiger partial charge on any atom is -0.267 e. The number of halogens is 3. The van der Waals surface area contributed by atoms with Gasteiger partial charge in [-0.05, 0) is 24.3 Å². The molecule has 0 spiro atoms. The van der Waals surface area contributed by atoms with Gasteiger partial charge in [-0.25, -0.2) is 5.43 Å². The average molecular weight is 343 g/mol. The van der Waals surface area contributed by atoms with Crippen molar-refractivity contribution in [1.29, 1.82) is 0 Å². The summed E-state index contributed by atoms with van der Waals surface area (Å²) in [6, 6.07) is 4.92. The third-order valence-electron chi connectivity index (χ3n) is 2.64. The molecule has 0 unspecified atom stereocenters. The van der Waals surface area contributed by atoms with E-state index in [-0.39, 0.29) is 10.6 Å². The molecule has 1 amide bonds. The number of nitrogens with one attached hydrogen (secondary N) is 1. The van der Waals surface area contributed by atoms with Crippen LogP contribution in [0.4, 0.5) is 18.2 Å². The monoisotopic (exact) mass is 343 g/mol. The number of nitrogens with zero attached hydrogens (tertiary/aromatic N) is 2. The molecule has 0 saturated carbocycles.